The number of ether oxygens (including phenoxy) is 1. The Morgan fingerprint density at radius 2 is 1.78 bits per heavy atom. The minimum Gasteiger partial charge on any atom is -0.494 e. The molecule has 0 atom stereocenters. The largest absolute Gasteiger partial charge is 0.494 e. The first-order chi connectivity index (χ1) is 8.81. The molecule has 0 bridgehead atoms. The normalized spacial score (nSPS) is 10.3. The van der Waals surface area contributed by atoms with Crippen molar-refractivity contribution < 1.29 is 4.74 Å². The van der Waals surface area contributed by atoms with Crippen LogP contribution in [0.4, 0.5) is 0 Å². The predicted molar refractivity (Wildman–Crippen MR) is 77.7 cm³/mol. The molecule has 0 aliphatic heterocycles. The monoisotopic (exact) mass is 280 g/mol. The molecule has 0 heterocycles. The van der Waals surface area contributed by atoms with Gasteiger partial charge in [0, 0.05) is 11.4 Å². The lowest BCUT2D eigenvalue weighted by Crippen LogP contribution is -1.97. The van der Waals surface area contributed by atoms with Crippen molar-refractivity contribution in [3.63, 3.8) is 0 Å². The first kappa shape index (κ1) is 13.3. The third kappa shape index (κ3) is 3.41. The Hall–Kier alpha value is -1.18. The Bertz CT molecular complexity index is 497. The number of halogens is 2. The van der Waals surface area contributed by atoms with Crippen molar-refractivity contribution in [2.75, 3.05) is 12.5 Å². The van der Waals surface area contributed by atoms with Crippen LogP contribution >= 0.6 is 23.2 Å². The fraction of sp³-hybridized carbons (Fsp3) is 0.200. The van der Waals surface area contributed by atoms with Gasteiger partial charge in [-0.2, -0.15) is 0 Å². The van der Waals surface area contributed by atoms with E-state index in [1.165, 1.54) is 0 Å². The number of hydrogen-bond acceptors (Lipinski definition) is 1. The molecule has 0 fully saturated rings. The van der Waals surface area contributed by atoms with Crippen molar-refractivity contribution in [2.45, 2.75) is 6.42 Å². The van der Waals surface area contributed by atoms with Crippen LogP contribution in [0.3, 0.4) is 0 Å². The van der Waals surface area contributed by atoms with E-state index in [4.69, 9.17) is 27.9 Å². The summed E-state index contributed by atoms with van der Waals surface area (Å²) >= 11 is 11.9. The lowest BCUT2D eigenvalue weighted by molar-refractivity contribution is 0.318. The van der Waals surface area contributed by atoms with E-state index in [2.05, 4.69) is 0 Å². The molecule has 0 aromatic heterocycles. The van der Waals surface area contributed by atoms with E-state index < -0.39 is 0 Å². The van der Waals surface area contributed by atoms with Crippen molar-refractivity contribution in [3.05, 3.63) is 53.6 Å². The molecule has 0 saturated heterocycles. The van der Waals surface area contributed by atoms with Gasteiger partial charge in [0.15, 0.2) is 0 Å². The van der Waals surface area contributed by atoms with Gasteiger partial charge in [-0.1, -0.05) is 41.9 Å². The van der Waals surface area contributed by atoms with Crippen molar-refractivity contribution in [2.24, 2.45) is 0 Å². The van der Waals surface area contributed by atoms with Crippen LogP contribution in [-0.4, -0.2) is 12.5 Å². The summed E-state index contributed by atoms with van der Waals surface area (Å²) in [6.07, 6.45) is 0.833. The molecule has 94 valence electrons. The van der Waals surface area contributed by atoms with Crippen LogP contribution in [0.15, 0.2) is 48.5 Å². The summed E-state index contributed by atoms with van der Waals surface area (Å²) in [5, 5.41) is 0.699. The summed E-state index contributed by atoms with van der Waals surface area (Å²) in [6, 6.07) is 15.8. The summed E-state index contributed by atoms with van der Waals surface area (Å²) in [6.45, 7) is 0.616. The molecule has 2 rings (SSSR count). The van der Waals surface area contributed by atoms with Gasteiger partial charge in [-0.25, -0.2) is 0 Å². The summed E-state index contributed by atoms with van der Waals surface area (Å²) < 4.78 is 5.55. The van der Waals surface area contributed by atoms with Crippen LogP contribution in [-0.2, 0) is 0 Å². The molecule has 0 N–H and O–H groups in total. The van der Waals surface area contributed by atoms with Crippen molar-refractivity contribution in [1.82, 2.24) is 0 Å². The molecule has 1 nitrogen and oxygen atoms in total. The van der Waals surface area contributed by atoms with Gasteiger partial charge in [-0.15, -0.1) is 11.6 Å². The zero-order valence-electron chi connectivity index (χ0n) is 9.90. The van der Waals surface area contributed by atoms with Gasteiger partial charge in [-0.3, -0.25) is 0 Å². The first-order valence-corrected chi connectivity index (χ1v) is 6.76. The first-order valence-electron chi connectivity index (χ1n) is 5.85. The van der Waals surface area contributed by atoms with Gasteiger partial charge in [0.05, 0.1) is 11.6 Å². The SMILES string of the molecule is ClCCCOc1ccc(-c2ccccc2)c(Cl)c1. The molecule has 18 heavy (non-hydrogen) atoms. The predicted octanol–water partition coefficient (Wildman–Crippen LogP) is 5.01. The molecule has 3 heteroatoms. The van der Waals surface area contributed by atoms with Crippen LogP contribution in [0, 0.1) is 0 Å². The summed E-state index contributed by atoms with van der Waals surface area (Å²) in [7, 11) is 0. The van der Waals surface area contributed by atoms with Crippen LogP contribution in [0.1, 0.15) is 6.42 Å². The molecule has 0 saturated carbocycles. The van der Waals surface area contributed by atoms with Gasteiger partial charge in [0.2, 0.25) is 0 Å². The summed E-state index contributed by atoms with van der Waals surface area (Å²) in [5.74, 6) is 1.39. The average Bonchev–Trinajstić information content (AvgIpc) is 2.40. The Morgan fingerprint density at radius 1 is 1.00 bits per heavy atom. The third-order valence-electron chi connectivity index (χ3n) is 2.57. The quantitative estimate of drug-likeness (QED) is 0.552. The van der Waals surface area contributed by atoms with E-state index in [1.807, 2.05) is 48.5 Å². The van der Waals surface area contributed by atoms with Crippen LogP contribution in [0.25, 0.3) is 11.1 Å². The number of alkyl halides is 1. The Labute approximate surface area is 117 Å². The molecule has 0 radical (unpaired) electrons. The summed E-state index contributed by atoms with van der Waals surface area (Å²) in [4.78, 5) is 0. The third-order valence-corrected chi connectivity index (χ3v) is 3.15. The zero-order valence-corrected chi connectivity index (χ0v) is 11.4. The number of benzene rings is 2. The molecule has 0 aliphatic rings. The molecular formula is C15H14Cl2O. The highest BCUT2D eigenvalue weighted by molar-refractivity contribution is 6.33. The van der Waals surface area contributed by atoms with Crippen molar-refractivity contribution >= 4 is 23.2 Å². The van der Waals surface area contributed by atoms with E-state index in [0.29, 0.717) is 17.5 Å². The van der Waals surface area contributed by atoms with E-state index in [-0.39, 0.29) is 0 Å². The standard InChI is InChI=1S/C15H14Cl2O/c16-9-4-10-18-13-7-8-14(15(17)11-13)12-5-2-1-3-6-12/h1-3,5-8,11H,4,9-10H2. The van der Waals surface area contributed by atoms with Crippen molar-refractivity contribution in [3.8, 4) is 16.9 Å². The van der Waals surface area contributed by atoms with E-state index >= 15 is 0 Å². The van der Waals surface area contributed by atoms with E-state index in [0.717, 1.165) is 23.3 Å². The van der Waals surface area contributed by atoms with Gasteiger partial charge >= 0.3 is 0 Å². The van der Waals surface area contributed by atoms with Crippen molar-refractivity contribution in [1.29, 1.82) is 0 Å². The Balaban J connectivity index is 2.15. The smallest absolute Gasteiger partial charge is 0.120 e. The average molecular weight is 281 g/mol. The van der Waals surface area contributed by atoms with E-state index in [9.17, 15) is 0 Å². The fourth-order valence-corrected chi connectivity index (χ4v) is 2.07. The highest BCUT2D eigenvalue weighted by Crippen LogP contribution is 2.30. The number of rotatable bonds is 5. The topological polar surface area (TPSA) is 9.23 Å². The molecule has 2 aromatic carbocycles. The molecule has 0 unspecified atom stereocenters. The highest BCUT2D eigenvalue weighted by atomic mass is 35.5. The van der Waals surface area contributed by atoms with Gasteiger partial charge < -0.3 is 4.74 Å². The zero-order chi connectivity index (χ0) is 12.8. The van der Waals surface area contributed by atoms with E-state index in [1.54, 1.807) is 0 Å². The molecule has 0 aliphatic carbocycles. The molecule has 0 amide bonds. The molecule has 2 aromatic rings. The maximum Gasteiger partial charge on any atom is 0.120 e. The highest BCUT2D eigenvalue weighted by Gasteiger charge is 2.04. The second-order valence-corrected chi connectivity index (χ2v) is 4.68. The van der Waals surface area contributed by atoms with Crippen LogP contribution < -0.4 is 4.74 Å². The van der Waals surface area contributed by atoms with Gasteiger partial charge in [-0.05, 0) is 30.2 Å². The fourth-order valence-electron chi connectivity index (χ4n) is 1.68. The van der Waals surface area contributed by atoms with Crippen LogP contribution in [0.2, 0.25) is 5.02 Å². The Kier molecular flexibility index (Phi) is 4.91. The lowest BCUT2D eigenvalue weighted by Gasteiger charge is -2.08. The van der Waals surface area contributed by atoms with Crippen LogP contribution in [0.5, 0.6) is 5.75 Å². The number of hydrogen-bond donors (Lipinski definition) is 0. The van der Waals surface area contributed by atoms with Gasteiger partial charge in [0.25, 0.3) is 0 Å². The maximum atomic E-state index is 6.27. The van der Waals surface area contributed by atoms with Gasteiger partial charge in [0.1, 0.15) is 5.75 Å². The Morgan fingerprint density at radius 3 is 2.44 bits per heavy atom. The summed E-state index contributed by atoms with van der Waals surface area (Å²) in [5.41, 5.74) is 2.12. The lowest BCUT2D eigenvalue weighted by atomic mass is 10.1. The minimum absolute atomic E-state index is 0.607. The minimum atomic E-state index is 0.607. The second kappa shape index (κ2) is 6.67. The second-order valence-electron chi connectivity index (χ2n) is 3.90. The molecular weight excluding hydrogens is 267 g/mol. The molecule has 0 spiro atoms. The maximum absolute atomic E-state index is 6.27.